The van der Waals surface area contributed by atoms with E-state index in [1.165, 1.54) is 10.9 Å². The number of aromatic nitrogens is 4. The predicted octanol–water partition coefficient (Wildman–Crippen LogP) is 1.25. The zero-order valence-corrected chi connectivity index (χ0v) is 8.27. The van der Waals surface area contributed by atoms with Crippen molar-refractivity contribution in [1.29, 1.82) is 0 Å². The second-order valence-electron chi connectivity index (χ2n) is 3.03. The van der Waals surface area contributed by atoms with Gasteiger partial charge in [0.15, 0.2) is 5.82 Å². The van der Waals surface area contributed by atoms with E-state index in [9.17, 15) is 4.79 Å². The minimum absolute atomic E-state index is 0.276. The Morgan fingerprint density at radius 1 is 1.67 bits per heavy atom. The molecule has 78 valence electrons. The highest BCUT2D eigenvalue weighted by Crippen LogP contribution is 2.05. The topological polar surface area (TPSA) is 75.6 Å². The van der Waals surface area contributed by atoms with Crippen molar-refractivity contribution in [1.82, 2.24) is 19.7 Å². The van der Waals surface area contributed by atoms with Crippen molar-refractivity contribution in [3.05, 3.63) is 30.5 Å². The van der Waals surface area contributed by atoms with Gasteiger partial charge in [0, 0.05) is 24.2 Å². The third-order valence-corrected chi connectivity index (χ3v) is 1.99. The Balaban J connectivity index is 2.06. The average Bonchev–Trinajstić information content (AvgIpc) is 2.87. The lowest BCUT2D eigenvalue weighted by molar-refractivity contribution is 0.253. The van der Waals surface area contributed by atoms with Crippen LogP contribution >= 0.6 is 0 Å². The van der Waals surface area contributed by atoms with Gasteiger partial charge in [0.05, 0.1) is 0 Å². The molecule has 0 saturated carbocycles. The van der Waals surface area contributed by atoms with E-state index in [-0.39, 0.29) is 6.03 Å². The number of nitrogens with one attached hydrogen (secondary N) is 2. The van der Waals surface area contributed by atoms with Crippen LogP contribution in [0.15, 0.2) is 24.8 Å². The summed E-state index contributed by atoms with van der Waals surface area (Å²) in [7, 11) is 0. The van der Waals surface area contributed by atoms with E-state index in [2.05, 4.69) is 20.5 Å². The number of rotatable bonds is 2. The number of carbonyl (C=O) groups excluding carboxylic acids is 1. The molecule has 0 aromatic carbocycles. The molecular weight excluding hydrogens is 194 g/mol. The van der Waals surface area contributed by atoms with Crippen molar-refractivity contribution >= 4 is 11.8 Å². The van der Waals surface area contributed by atoms with E-state index in [1.54, 1.807) is 18.5 Å². The minimum Gasteiger partial charge on any atom is -0.290 e. The Morgan fingerprint density at radius 3 is 3.13 bits per heavy atom. The number of carbonyl (C=O) groups is 1. The number of hydrogen-bond donors (Lipinski definition) is 2. The van der Waals surface area contributed by atoms with Crippen molar-refractivity contribution in [2.45, 2.75) is 13.3 Å². The molecule has 0 bridgehead atoms. The molecule has 0 aliphatic carbocycles. The van der Waals surface area contributed by atoms with Gasteiger partial charge in [-0.05, 0) is 6.42 Å². The van der Waals surface area contributed by atoms with Gasteiger partial charge in [-0.3, -0.25) is 15.0 Å². The summed E-state index contributed by atoms with van der Waals surface area (Å²) in [5.74, 6) is 0.519. The lowest BCUT2D eigenvalue weighted by Crippen LogP contribution is -2.17. The molecule has 0 fully saturated rings. The predicted molar refractivity (Wildman–Crippen MR) is 54.6 cm³/mol. The molecule has 0 saturated heterocycles. The summed E-state index contributed by atoms with van der Waals surface area (Å²) in [5, 5.41) is 9.40. The van der Waals surface area contributed by atoms with Gasteiger partial charge in [0.2, 0.25) is 0 Å². The number of nitrogens with zero attached hydrogens (tertiary/aromatic N) is 3. The molecule has 2 aromatic rings. The highest BCUT2D eigenvalue weighted by atomic mass is 16.2. The lowest BCUT2D eigenvalue weighted by Gasteiger charge is -1.99. The van der Waals surface area contributed by atoms with Gasteiger partial charge in [-0.15, -0.1) is 0 Å². The summed E-state index contributed by atoms with van der Waals surface area (Å²) in [6, 6.07) is 1.52. The Morgan fingerprint density at radius 2 is 2.53 bits per heavy atom. The summed E-state index contributed by atoms with van der Waals surface area (Å²) in [4.78, 5) is 15.3. The van der Waals surface area contributed by atoms with E-state index in [0.717, 1.165) is 12.1 Å². The number of amides is 1. The summed E-state index contributed by atoms with van der Waals surface area (Å²) in [6.45, 7) is 2.01. The quantitative estimate of drug-likeness (QED) is 0.774. The van der Waals surface area contributed by atoms with Gasteiger partial charge < -0.3 is 0 Å². The van der Waals surface area contributed by atoms with Crippen molar-refractivity contribution in [3.63, 3.8) is 0 Å². The van der Waals surface area contributed by atoms with Crippen molar-refractivity contribution in [3.8, 4) is 0 Å². The summed E-state index contributed by atoms with van der Waals surface area (Å²) < 4.78 is 1.35. The van der Waals surface area contributed by atoms with E-state index in [0.29, 0.717) is 5.82 Å². The SMILES string of the molecule is CCc1cc(NC(=O)n2ccnc2)n[nH]1. The number of aryl methyl sites for hydroxylation is 1. The molecule has 0 atom stereocenters. The van der Waals surface area contributed by atoms with Gasteiger partial charge in [-0.2, -0.15) is 5.10 Å². The van der Waals surface area contributed by atoms with Crippen LogP contribution in [0.3, 0.4) is 0 Å². The summed E-state index contributed by atoms with van der Waals surface area (Å²) in [6.07, 6.45) is 5.40. The van der Waals surface area contributed by atoms with Crippen LogP contribution in [0.2, 0.25) is 0 Å². The normalized spacial score (nSPS) is 10.2. The molecule has 0 unspecified atom stereocenters. The zero-order valence-electron chi connectivity index (χ0n) is 8.27. The Kier molecular flexibility index (Phi) is 2.49. The number of imidazole rings is 1. The second-order valence-corrected chi connectivity index (χ2v) is 3.03. The molecule has 1 amide bonds. The zero-order chi connectivity index (χ0) is 10.7. The van der Waals surface area contributed by atoms with Crippen molar-refractivity contribution in [2.75, 3.05) is 5.32 Å². The third kappa shape index (κ3) is 2.04. The molecule has 0 spiro atoms. The first-order chi connectivity index (χ1) is 7.29. The van der Waals surface area contributed by atoms with Crippen LogP contribution in [0.4, 0.5) is 10.6 Å². The number of H-pyrrole nitrogens is 1. The number of hydrogen-bond acceptors (Lipinski definition) is 3. The maximum atomic E-state index is 11.5. The number of anilines is 1. The molecule has 2 heterocycles. The van der Waals surface area contributed by atoms with Crippen LogP contribution in [0.1, 0.15) is 12.6 Å². The molecule has 0 aliphatic heterocycles. The van der Waals surface area contributed by atoms with Gasteiger partial charge in [-0.25, -0.2) is 9.78 Å². The molecule has 0 radical (unpaired) electrons. The first-order valence-electron chi connectivity index (χ1n) is 4.63. The van der Waals surface area contributed by atoms with Crippen LogP contribution in [0.25, 0.3) is 0 Å². The largest absolute Gasteiger partial charge is 0.332 e. The molecule has 15 heavy (non-hydrogen) atoms. The van der Waals surface area contributed by atoms with Crippen LogP contribution in [0, 0.1) is 0 Å². The molecular formula is C9H11N5O. The van der Waals surface area contributed by atoms with Crippen LogP contribution in [-0.4, -0.2) is 25.8 Å². The number of aromatic amines is 1. The lowest BCUT2D eigenvalue weighted by atomic mass is 10.3. The van der Waals surface area contributed by atoms with Crippen molar-refractivity contribution < 1.29 is 4.79 Å². The van der Waals surface area contributed by atoms with E-state index < -0.39 is 0 Å². The molecule has 6 heteroatoms. The monoisotopic (exact) mass is 205 g/mol. The first-order valence-corrected chi connectivity index (χ1v) is 4.63. The van der Waals surface area contributed by atoms with Crippen LogP contribution in [0.5, 0.6) is 0 Å². The highest BCUT2D eigenvalue weighted by molar-refractivity contribution is 5.89. The smallest absolute Gasteiger partial charge is 0.290 e. The van der Waals surface area contributed by atoms with Crippen LogP contribution in [-0.2, 0) is 6.42 Å². The standard InChI is InChI=1S/C9H11N5O/c1-2-7-5-8(13-12-7)11-9(15)14-4-3-10-6-14/h3-6H,2H2,1H3,(H2,11,12,13,15). The molecule has 6 nitrogen and oxygen atoms in total. The fourth-order valence-electron chi connectivity index (χ4n) is 1.16. The third-order valence-electron chi connectivity index (χ3n) is 1.99. The first kappa shape index (κ1) is 9.45. The molecule has 2 N–H and O–H groups in total. The van der Waals surface area contributed by atoms with E-state index in [4.69, 9.17) is 0 Å². The summed E-state index contributed by atoms with van der Waals surface area (Å²) in [5.41, 5.74) is 0.982. The Hall–Kier alpha value is -2.11. The van der Waals surface area contributed by atoms with Gasteiger partial charge in [-0.1, -0.05) is 6.92 Å². The molecule has 2 rings (SSSR count). The highest BCUT2D eigenvalue weighted by Gasteiger charge is 2.06. The average molecular weight is 205 g/mol. The van der Waals surface area contributed by atoms with Crippen LogP contribution < -0.4 is 5.32 Å². The Labute approximate surface area is 86.3 Å². The molecule has 0 aliphatic rings. The van der Waals surface area contributed by atoms with E-state index >= 15 is 0 Å². The van der Waals surface area contributed by atoms with Gasteiger partial charge >= 0.3 is 6.03 Å². The second kappa shape index (κ2) is 3.95. The summed E-state index contributed by atoms with van der Waals surface area (Å²) >= 11 is 0. The fourth-order valence-corrected chi connectivity index (χ4v) is 1.16. The minimum atomic E-state index is -0.276. The van der Waals surface area contributed by atoms with Crippen molar-refractivity contribution in [2.24, 2.45) is 0 Å². The maximum Gasteiger partial charge on any atom is 0.332 e. The fraction of sp³-hybridized carbons (Fsp3) is 0.222. The van der Waals surface area contributed by atoms with Gasteiger partial charge in [0.25, 0.3) is 0 Å². The molecule has 2 aromatic heterocycles. The maximum absolute atomic E-state index is 11.5. The van der Waals surface area contributed by atoms with Gasteiger partial charge in [0.1, 0.15) is 6.33 Å². The Bertz CT molecular complexity index is 445. The van der Waals surface area contributed by atoms with E-state index in [1.807, 2.05) is 6.92 Å².